The highest BCUT2D eigenvalue weighted by molar-refractivity contribution is 7.89. The molecule has 24 heavy (non-hydrogen) atoms. The van der Waals surface area contributed by atoms with E-state index in [1.54, 1.807) is 0 Å². The van der Waals surface area contributed by atoms with E-state index < -0.39 is 21.6 Å². The number of nitrogens with zero attached hydrogens (tertiary/aromatic N) is 5. The predicted molar refractivity (Wildman–Crippen MR) is 81.8 cm³/mol. The van der Waals surface area contributed by atoms with Crippen LogP contribution in [0.25, 0.3) is 5.65 Å². The van der Waals surface area contributed by atoms with Gasteiger partial charge in [-0.25, -0.2) is 27.7 Å². The van der Waals surface area contributed by atoms with Gasteiger partial charge in [0, 0.05) is 12.7 Å². The van der Waals surface area contributed by atoms with Gasteiger partial charge in [-0.2, -0.15) is 4.68 Å². The number of fused-ring (bicyclic) bond motifs is 1. The molecule has 0 spiro atoms. The molecule has 3 aromatic rings. The molecule has 0 saturated carbocycles. The fraction of sp³-hybridized carbons (Fsp3) is 0.0833. The number of sulfonamides is 1. The van der Waals surface area contributed by atoms with Crippen molar-refractivity contribution in [2.75, 3.05) is 5.32 Å². The average Bonchev–Trinajstić information content (AvgIpc) is 2.95. The maximum absolute atomic E-state index is 12.3. The zero-order valence-corrected chi connectivity index (χ0v) is 13.1. The zero-order chi connectivity index (χ0) is 17.5. The van der Waals surface area contributed by atoms with E-state index in [0.717, 1.165) is 15.4 Å². The Morgan fingerprint density at radius 3 is 2.79 bits per heavy atom. The molecule has 0 aliphatic heterocycles. The quantitative estimate of drug-likeness (QED) is 0.597. The molecule has 0 saturated heterocycles. The summed E-state index contributed by atoms with van der Waals surface area (Å²) in [6, 6.07) is 5.41. The Hall–Kier alpha value is -3.12. The summed E-state index contributed by atoms with van der Waals surface area (Å²) in [7, 11) is -2.49. The molecular formula is C12H11N7O4S. The summed E-state index contributed by atoms with van der Waals surface area (Å²) in [5.41, 5.74) is -0.452. The van der Waals surface area contributed by atoms with Crippen molar-refractivity contribution < 1.29 is 13.2 Å². The standard InChI is InChI=1S/C12H11N7O4S/c1-18-12(21)19-6-14-9(10(19)16-17-18)11(20)15-7-3-2-4-8(5-7)24(13,22)23/h2-6H,1H3,(H,15,20)(H2,13,22,23). The lowest BCUT2D eigenvalue weighted by atomic mass is 10.3. The molecule has 0 unspecified atom stereocenters. The highest BCUT2D eigenvalue weighted by atomic mass is 32.2. The molecule has 12 heteroatoms. The first-order chi connectivity index (χ1) is 11.3. The third kappa shape index (κ3) is 2.75. The largest absolute Gasteiger partial charge is 0.352 e. The molecule has 3 rings (SSSR count). The summed E-state index contributed by atoms with van der Waals surface area (Å²) >= 11 is 0. The molecule has 11 nitrogen and oxygen atoms in total. The van der Waals surface area contributed by atoms with E-state index >= 15 is 0 Å². The molecule has 2 heterocycles. The highest BCUT2D eigenvalue weighted by Crippen LogP contribution is 2.15. The molecule has 0 bridgehead atoms. The van der Waals surface area contributed by atoms with Gasteiger partial charge in [-0.3, -0.25) is 4.79 Å². The number of nitrogens with two attached hydrogens (primary N) is 1. The van der Waals surface area contributed by atoms with Crippen molar-refractivity contribution in [2.24, 2.45) is 12.2 Å². The van der Waals surface area contributed by atoms with Gasteiger partial charge >= 0.3 is 5.69 Å². The first-order valence-electron chi connectivity index (χ1n) is 6.48. The van der Waals surface area contributed by atoms with Crippen molar-refractivity contribution in [1.82, 2.24) is 24.4 Å². The SMILES string of the molecule is Cn1nnc2c(C(=O)Nc3cccc(S(N)(=O)=O)c3)ncn2c1=O. The Bertz CT molecular complexity index is 1120. The van der Waals surface area contributed by atoms with Crippen molar-refractivity contribution in [1.29, 1.82) is 0 Å². The second-order valence-electron chi connectivity index (χ2n) is 4.81. The Balaban J connectivity index is 1.97. The fourth-order valence-electron chi connectivity index (χ4n) is 1.98. The van der Waals surface area contributed by atoms with Crippen LogP contribution in [0, 0.1) is 0 Å². The third-order valence-corrected chi connectivity index (χ3v) is 4.05. The van der Waals surface area contributed by atoms with Crippen LogP contribution in [0.2, 0.25) is 0 Å². The minimum atomic E-state index is -3.90. The minimum Gasteiger partial charge on any atom is -0.320 e. The molecule has 0 aliphatic carbocycles. The van der Waals surface area contributed by atoms with Crippen molar-refractivity contribution >= 4 is 27.3 Å². The van der Waals surface area contributed by atoms with Gasteiger partial charge in [-0.05, 0) is 18.2 Å². The van der Waals surface area contributed by atoms with E-state index in [4.69, 9.17) is 5.14 Å². The second kappa shape index (κ2) is 5.50. The number of carbonyl (C=O) groups excluding carboxylic acids is 1. The van der Waals surface area contributed by atoms with Crippen molar-refractivity contribution in [2.45, 2.75) is 4.90 Å². The number of anilines is 1. The van der Waals surface area contributed by atoms with Gasteiger partial charge in [0.25, 0.3) is 5.91 Å². The number of hydrogen-bond donors (Lipinski definition) is 2. The molecule has 0 radical (unpaired) electrons. The molecule has 2 aromatic heterocycles. The van der Waals surface area contributed by atoms with Gasteiger partial charge in [0.05, 0.1) is 4.90 Å². The maximum atomic E-state index is 12.3. The zero-order valence-electron chi connectivity index (χ0n) is 12.2. The maximum Gasteiger partial charge on any atom is 0.352 e. The summed E-state index contributed by atoms with van der Waals surface area (Å²) in [6.07, 6.45) is 1.15. The topological polar surface area (TPSA) is 154 Å². The Labute approximate surface area is 134 Å². The normalized spacial score (nSPS) is 11.6. The average molecular weight is 349 g/mol. The summed E-state index contributed by atoms with van der Waals surface area (Å²) in [4.78, 5) is 27.9. The van der Waals surface area contributed by atoms with Gasteiger partial charge in [-0.15, -0.1) is 5.10 Å². The Morgan fingerprint density at radius 1 is 1.33 bits per heavy atom. The van der Waals surface area contributed by atoms with Crippen LogP contribution in [-0.2, 0) is 17.1 Å². The Morgan fingerprint density at radius 2 is 2.08 bits per heavy atom. The van der Waals surface area contributed by atoms with E-state index in [0.29, 0.717) is 0 Å². The van der Waals surface area contributed by atoms with E-state index in [1.165, 1.54) is 31.3 Å². The number of primary sulfonamides is 1. The lowest BCUT2D eigenvalue weighted by molar-refractivity contribution is 0.102. The number of benzene rings is 1. The highest BCUT2D eigenvalue weighted by Gasteiger charge is 2.18. The molecule has 0 atom stereocenters. The molecule has 124 valence electrons. The number of imidazole rings is 1. The van der Waals surface area contributed by atoms with Crippen LogP contribution in [0.3, 0.4) is 0 Å². The number of amides is 1. The van der Waals surface area contributed by atoms with Crippen LogP contribution in [0.1, 0.15) is 10.5 Å². The van der Waals surface area contributed by atoms with Crippen molar-refractivity contribution in [3.05, 3.63) is 46.8 Å². The molecule has 1 amide bonds. The van der Waals surface area contributed by atoms with E-state index in [9.17, 15) is 18.0 Å². The Kier molecular flexibility index (Phi) is 3.62. The number of aromatic nitrogens is 5. The van der Waals surface area contributed by atoms with Crippen LogP contribution >= 0.6 is 0 Å². The number of nitrogens with one attached hydrogen (secondary N) is 1. The van der Waals surface area contributed by atoms with Crippen LogP contribution < -0.4 is 16.1 Å². The molecule has 0 aliphatic rings. The fourth-order valence-corrected chi connectivity index (χ4v) is 2.54. The van der Waals surface area contributed by atoms with Gasteiger partial charge in [-0.1, -0.05) is 11.3 Å². The summed E-state index contributed by atoms with van der Waals surface area (Å²) in [5.74, 6) is -0.674. The number of aryl methyl sites for hydroxylation is 1. The predicted octanol–water partition coefficient (Wildman–Crippen LogP) is -1.28. The lowest BCUT2D eigenvalue weighted by Crippen LogP contribution is -2.27. The molecule has 0 fully saturated rings. The van der Waals surface area contributed by atoms with E-state index in [-0.39, 0.29) is 21.9 Å². The van der Waals surface area contributed by atoms with E-state index in [1.807, 2.05) is 0 Å². The van der Waals surface area contributed by atoms with Crippen LogP contribution in [0.15, 0.2) is 40.3 Å². The lowest BCUT2D eigenvalue weighted by Gasteiger charge is -2.05. The van der Waals surface area contributed by atoms with Gasteiger partial charge in [0.1, 0.15) is 6.33 Å². The molecular weight excluding hydrogens is 338 g/mol. The van der Waals surface area contributed by atoms with Crippen molar-refractivity contribution in [3.63, 3.8) is 0 Å². The van der Waals surface area contributed by atoms with Crippen LogP contribution in [0.5, 0.6) is 0 Å². The summed E-state index contributed by atoms with van der Waals surface area (Å²) in [5, 5.41) is 14.9. The monoisotopic (exact) mass is 349 g/mol. The first kappa shape index (κ1) is 15.8. The number of carbonyl (C=O) groups is 1. The number of rotatable bonds is 3. The van der Waals surface area contributed by atoms with Gasteiger partial charge in [0.15, 0.2) is 11.3 Å². The van der Waals surface area contributed by atoms with Gasteiger partial charge in [0.2, 0.25) is 10.0 Å². The molecule has 1 aromatic carbocycles. The van der Waals surface area contributed by atoms with E-state index in [2.05, 4.69) is 20.6 Å². The number of hydrogen-bond acceptors (Lipinski definition) is 7. The minimum absolute atomic E-state index is 0.0156. The second-order valence-corrected chi connectivity index (χ2v) is 6.37. The first-order valence-corrected chi connectivity index (χ1v) is 8.03. The van der Waals surface area contributed by atoms with Crippen LogP contribution in [0.4, 0.5) is 5.69 Å². The smallest absolute Gasteiger partial charge is 0.320 e. The molecule has 3 N–H and O–H groups in total. The third-order valence-electron chi connectivity index (χ3n) is 3.13. The summed E-state index contributed by atoms with van der Waals surface area (Å²) < 4.78 is 24.7. The summed E-state index contributed by atoms with van der Waals surface area (Å²) in [6.45, 7) is 0. The van der Waals surface area contributed by atoms with Gasteiger partial charge < -0.3 is 5.32 Å². The van der Waals surface area contributed by atoms with Crippen molar-refractivity contribution in [3.8, 4) is 0 Å². The van der Waals surface area contributed by atoms with Crippen LogP contribution in [-0.4, -0.2) is 38.7 Å².